The number of hydrogen-bond donors (Lipinski definition) is 1. The highest BCUT2D eigenvalue weighted by molar-refractivity contribution is 9.10. The lowest BCUT2D eigenvalue weighted by Gasteiger charge is -2.28. The molecular weight excluding hydrogens is 382 g/mol. The molecule has 0 aliphatic carbocycles. The second-order valence-electron chi connectivity index (χ2n) is 6.13. The summed E-state index contributed by atoms with van der Waals surface area (Å²) in [6.07, 6.45) is 5.66. The Morgan fingerprint density at radius 2 is 2.00 bits per heavy atom. The lowest BCUT2D eigenvalue weighted by Crippen LogP contribution is -2.36. The average Bonchev–Trinajstić information content (AvgIpc) is 3.16. The van der Waals surface area contributed by atoms with Gasteiger partial charge in [-0.1, -0.05) is 12.1 Å². The van der Waals surface area contributed by atoms with Crippen LogP contribution in [-0.2, 0) is 0 Å². The van der Waals surface area contributed by atoms with Gasteiger partial charge in [0.25, 0.3) is 5.91 Å². The first-order chi connectivity index (χ1) is 12.2. The van der Waals surface area contributed by atoms with Crippen LogP contribution < -0.4 is 10.1 Å². The van der Waals surface area contributed by atoms with Crippen LogP contribution >= 0.6 is 15.9 Å². The summed E-state index contributed by atoms with van der Waals surface area (Å²) in [5, 5.41) is 3.06. The van der Waals surface area contributed by atoms with E-state index in [9.17, 15) is 4.79 Å². The number of aromatic nitrogens is 1. The predicted octanol–water partition coefficient (Wildman–Crippen LogP) is 3.42. The third-order valence-corrected chi connectivity index (χ3v) is 4.94. The number of amides is 1. The van der Waals surface area contributed by atoms with Crippen LogP contribution in [0.5, 0.6) is 5.75 Å². The molecule has 0 unspecified atom stereocenters. The number of rotatable bonds is 6. The Hall–Kier alpha value is -1.92. The lowest BCUT2D eigenvalue weighted by atomic mass is 10.0. The number of carbonyl (C=O) groups excluding carboxylic acids is 1. The third kappa shape index (κ3) is 4.58. The van der Waals surface area contributed by atoms with E-state index in [0.29, 0.717) is 12.1 Å². The lowest BCUT2D eigenvalue weighted by molar-refractivity contribution is 0.0937. The maximum Gasteiger partial charge on any atom is 0.252 e. The van der Waals surface area contributed by atoms with Crippen molar-refractivity contribution in [1.82, 2.24) is 15.2 Å². The van der Waals surface area contributed by atoms with Crippen molar-refractivity contribution in [2.75, 3.05) is 26.7 Å². The van der Waals surface area contributed by atoms with E-state index in [1.165, 1.54) is 18.4 Å². The minimum absolute atomic E-state index is 0.105. The number of ether oxygens (including phenoxy) is 1. The van der Waals surface area contributed by atoms with E-state index in [4.69, 9.17) is 4.74 Å². The van der Waals surface area contributed by atoms with Crippen molar-refractivity contribution < 1.29 is 9.53 Å². The fourth-order valence-corrected chi connectivity index (χ4v) is 3.53. The first kappa shape index (κ1) is 17.9. The zero-order chi connectivity index (χ0) is 17.6. The normalized spacial score (nSPS) is 15.8. The van der Waals surface area contributed by atoms with Gasteiger partial charge in [-0.15, -0.1) is 0 Å². The van der Waals surface area contributed by atoms with Gasteiger partial charge in [0.05, 0.1) is 18.7 Å². The summed E-state index contributed by atoms with van der Waals surface area (Å²) in [4.78, 5) is 18.9. The van der Waals surface area contributed by atoms with E-state index < -0.39 is 0 Å². The molecule has 1 aliphatic heterocycles. The number of benzene rings is 1. The molecule has 1 amide bonds. The summed E-state index contributed by atoms with van der Waals surface area (Å²) in [6, 6.07) is 10.0. The molecule has 2 aromatic rings. The summed E-state index contributed by atoms with van der Waals surface area (Å²) in [5.41, 5.74) is 1.75. The summed E-state index contributed by atoms with van der Waals surface area (Å²) >= 11 is 3.35. The van der Waals surface area contributed by atoms with Crippen molar-refractivity contribution in [3.63, 3.8) is 0 Å². The molecule has 132 valence electrons. The van der Waals surface area contributed by atoms with Crippen LogP contribution in [0.2, 0.25) is 0 Å². The highest BCUT2D eigenvalue weighted by Gasteiger charge is 2.24. The molecule has 1 aromatic carbocycles. The third-order valence-electron chi connectivity index (χ3n) is 4.51. The molecule has 25 heavy (non-hydrogen) atoms. The van der Waals surface area contributed by atoms with Crippen molar-refractivity contribution in [3.8, 4) is 5.75 Å². The Kier molecular flexibility index (Phi) is 6.04. The van der Waals surface area contributed by atoms with Crippen molar-refractivity contribution in [1.29, 1.82) is 0 Å². The molecule has 1 saturated heterocycles. The minimum atomic E-state index is -0.105. The fourth-order valence-electron chi connectivity index (χ4n) is 3.16. The number of nitrogens with one attached hydrogen (secondary N) is 1. The Labute approximate surface area is 156 Å². The summed E-state index contributed by atoms with van der Waals surface area (Å²) < 4.78 is 6.04. The molecule has 1 aliphatic rings. The Morgan fingerprint density at radius 3 is 2.64 bits per heavy atom. The molecule has 1 N–H and O–H groups in total. The van der Waals surface area contributed by atoms with E-state index in [1.54, 1.807) is 25.6 Å². The largest absolute Gasteiger partial charge is 0.497 e. The topological polar surface area (TPSA) is 54.5 Å². The Morgan fingerprint density at radius 1 is 1.28 bits per heavy atom. The quantitative estimate of drug-likeness (QED) is 0.802. The summed E-state index contributed by atoms with van der Waals surface area (Å²) in [5.74, 6) is 0.736. The van der Waals surface area contributed by atoms with E-state index in [-0.39, 0.29) is 11.9 Å². The molecule has 6 heteroatoms. The van der Waals surface area contributed by atoms with Gasteiger partial charge in [0.1, 0.15) is 5.75 Å². The standard InChI is InChI=1S/C19H22BrN3O2/c1-25-17-6-4-14(5-7-17)18(23-8-2-3-9-23)13-22-19(24)15-10-16(20)12-21-11-15/h4-7,10-12,18H,2-3,8-9,13H2,1H3,(H,22,24)/t18-/m1/s1. The molecule has 2 heterocycles. The number of pyridine rings is 1. The summed E-state index contributed by atoms with van der Waals surface area (Å²) in [7, 11) is 1.67. The van der Waals surface area contributed by atoms with Crippen LogP contribution in [0, 0.1) is 0 Å². The Balaban J connectivity index is 1.72. The Bertz CT molecular complexity index is 715. The number of nitrogens with zero attached hydrogens (tertiary/aromatic N) is 2. The van der Waals surface area contributed by atoms with Crippen LogP contribution in [0.3, 0.4) is 0 Å². The molecule has 0 saturated carbocycles. The first-order valence-corrected chi connectivity index (χ1v) is 9.23. The number of likely N-dealkylation sites (tertiary alicyclic amines) is 1. The van der Waals surface area contributed by atoms with E-state index >= 15 is 0 Å². The van der Waals surface area contributed by atoms with Gasteiger partial charge in [-0.05, 0) is 65.6 Å². The van der Waals surface area contributed by atoms with Gasteiger partial charge in [0, 0.05) is 23.4 Å². The van der Waals surface area contributed by atoms with Gasteiger partial charge in [0.2, 0.25) is 0 Å². The zero-order valence-corrected chi connectivity index (χ0v) is 15.8. The van der Waals surface area contributed by atoms with E-state index in [1.807, 2.05) is 12.1 Å². The average molecular weight is 404 g/mol. The molecule has 1 fully saturated rings. The molecule has 5 nitrogen and oxygen atoms in total. The van der Waals surface area contributed by atoms with Gasteiger partial charge in [-0.2, -0.15) is 0 Å². The van der Waals surface area contributed by atoms with Crippen LogP contribution in [-0.4, -0.2) is 42.5 Å². The smallest absolute Gasteiger partial charge is 0.252 e. The predicted molar refractivity (Wildman–Crippen MR) is 101 cm³/mol. The van der Waals surface area contributed by atoms with Gasteiger partial charge >= 0.3 is 0 Å². The van der Waals surface area contributed by atoms with Crippen molar-refractivity contribution >= 4 is 21.8 Å². The van der Waals surface area contributed by atoms with Crippen LogP contribution in [0.1, 0.15) is 34.8 Å². The summed E-state index contributed by atoms with van der Waals surface area (Å²) in [6.45, 7) is 2.69. The SMILES string of the molecule is COc1ccc([C@@H](CNC(=O)c2cncc(Br)c2)N2CCCC2)cc1. The van der Waals surface area contributed by atoms with E-state index in [0.717, 1.165) is 23.3 Å². The van der Waals surface area contributed by atoms with Gasteiger partial charge < -0.3 is 10.1 Å². The number of hydrogen-bond acceptors (Lipinski definition) is 4. The van der Waals surface area contributed by atoms with Crippen molar-refractivity contribution in [2.24, 2.45) is 0 Å². The molecular formula is C19H22BrN3O2. The first-order valence-electron chi connectivity index (χ1n) is 8.44. The molecule has 1 aromatic heterocycles. The second kappa shape index (κ2) is 8.45. The van der Waals surface area contributed by atoms with E-state index in [2.05, 4.69) is 43.3 Å². The molecule has 1 atom stereocenters. The molecule has 0 radical (unpaired) electrons. The molecule has 0 bridgehead atoms. The van der Waals surface area contributed by atoms with Crippen molar-refractivity contribution in [2.45, 2.75) is 18.9 Å². The zero-order valence-electron chi connectivity index (χ0n) is 14.2. The maximum atomic E-state index is 12.4. The second-order valence-corrected chi connectivity index (χ2v) is 7.05. The maximum absolute atomic E-state index is 12.4. The van der Waals surface area contributed by atoms with Gasteiger partial charge in [0.15, 0.2) is 0 Å². The van der Waals surface area contributed by atoms with Gasteiger partial charge in [-0.25, -0.2) is 0 Å². The van der Waals surface area contributed by atoms with Crippen LogP contribution in [0.15, 0.2) is 47.2 Å². The van der Waals surface area contributed by atoms with Crippen molar-refractivity contribution in [3.05, 3.63) is 58.3 Å². The van der Waals surface area contributed by atoms with Crippen LogP contribution in [0.4, 0.5) is 0 Å². The minimum Gasteiger partial charge on any atom is -0.497 e. The monoisotopic (exact) mass is 403 g/mol. The highest BCUT2D eigenvalue weighted by atomic mass is 79.9. The number of carbonyl (C=O) groups is 1. The fraction of sp³-hybridized carbons (Fsp3) is 0.368. The van der Waals surface area contributed by atoms with Crippen LogP contribution in [0.25, 0.3) is 0 Å². The molecule has 3 rings (SSSR count). The highest BCUT2D eigenvalue weighted by Crippen LogP contribution is 2.26. The number of methoxy groups -OCH3 is 1. The van der Waals surface area contributed by atoms with Gasteiger partial charge in [-0.3, -0.25) is 14.7 Å². The number of halogens is 1. The molecule has 0 spiro atoms.